The minimum Gasteiger partial charge on any atom is -0.316 e. The molecule has 2 aromatic rings. The standard InChI is InChI=1S/C13H15BrClN3/c1-9-13(15)8-18(17-9)7-11-4-3-10(6-16-2)5-12(11)14/h3-5,8,16H,6-7H2,1-2H3. The molecule has 0 bridgehead atoms. The van der Waals surface area contributed by atoms with Crippen LogP contribution in [0.4, 0.5) is 0 Å². The van der Waals surface area contributed by atoms with E-state index < -0.39 is 0 Å². The Balaban J connectivity index is 2.19. The molecule has 0 unspecified atom stereocenters. The number of halogens is 2. The van der Waals surface area contributed by atoms with E-state index in [4.69, 9.17) is 11.6 Å². The van der Waals surface area contributed by atoms with Crippen LogP contribution in [-0.4, -0.2) is 16.8 Å². The molecule has 0 atom stereocenters. The molecule has 1 aromatic heterocycles. The number of benzene rings is 1. The monoisotopic (exact) mass is 327 g/mol. The highest BCUT2D eigenvalue weighted by molar-refractivity contribution is 9.10. The zero-order chi connectivity index (χ0) is 13.1. The maximum atomic E-state index is 6.00. The molecule has 0 aliphatic rings. The molecular formula is C13H15BrClN3. The lowest BCUT2D eigenvalue weighted by Crippen LogP contribution is -2.06. The molecule has 0 saturated heterocycles. The lowest BCUT2D eigenvalue weighted by Gasteiger charge is -2.07. The summed E-state index contributed by atoms with van der Waals surface area (Å²) in [5.41, 5.74) is 3.30. The third-order valence-corrected chi connectivity index (χ3v) is 3.83. The van der Waals surface area contributed by atoms with Gasteiger partial charge in [-0.2, -0.15) is 5.10 Å². The summed E-state index contributed by atoms with van der Waals surface area (Å²) in [5.74, 6) is 0. The highest BCUT2D eigenvalue weighted by Gasteiger charge is 2.06. The summed E-state index contributed by atoms with van der Waals surface area (Å²) in [7, 11) is 1.94. The molecule has 96 valence electrons. The van der Waals surface area contributed by atoms with Gasteiger partial charge in [-0.05, 0) is 31.2 Å². The molecule has 1 N–H and O–H groups in total. The van der Waals surface area contributed by atoms with Gasteiger partial charge in [-0.3, -0.25) is 4.68 Å². The molecule has 2 rings (SSSR count). The minimum absolute atomic E-state index is 0.706. The van der Waals surface area contributed by atoms with Crippen molar-refractivity contribution in [3.05, 3.63) is 50.7 Å². The molecule has 0 saturated carbocycles. The molecule has 0 aliphatic heterocycles. The predicted molar refractivity (Wildman–Crippen MR) is 78.0 cm³/mol. The van der Waals surface area contributed by atoms with Gasteiger partial charge in [-0.1, -0.05) is 39.7 Å². The molecule has 0 aliphatic carbocycles. The van der Waals surface area contributed by atoms with Crippen molar-refractivity contribution in [3.8, 4) is 0 Å². The second-order valence-corrected chi connectivity index (χ2v) is 5.48. The average molecular weight is 329 g/mol. The van der Waals surface area contributed by atoms with Crippen LogP contribution in [0.15, 0.2) is 28.9 Å². The molecule has 0 amide bonds. The number of hydrogen-bond donors (Lipinski definition) is 1. The Bertz CT molecular complexity index is 532. The third kappa shape index (κ3) is 3.13. The third-order valence-electron chi connectivity index (χ3n) is 2.72. The van der Waals surface area contributed by atoms with Crippen LogP contribution >= 0.6 is 27.5 Å². The van der Waals surface area contributed by atoms with E-state index in [-0.39, 0.29) is 0 Å². The van der Waals surface area contributed by atoms with Crippen LogP contribution in [0.5, 0.6) is 0 Å². The van der Waals surface area contributed by atoms with Crippen molar-refractivity contribution in [1.29, 1.82) is 0 Å². The molecule has 1 heterocycles. The quantitative estimate of drug-likeness (QED) is 0.932. The van der Waals surface area contributed by atoms with E-state index >= 15 is 0 Å². The van der Waals surface area contributed by atoms with Crippen molar-refractivity contribution in [3.63, 3.8) is 0 Å². The molecule has 3 nitrogen and oxygen atoms in total. The molecule has 1 aromatic carbocycles. The number of aromatic nitrogens is 2. The highest BCUT2D eigenvalue weighted by Crippen LogP contribution is 2.21. The van der Waals surface area contributed by atoms with Crippen molar-refractivity contribution >= 4 is 27.5 Å². The van der Waals surface area contributed by atoms with Gasteiger partial charge in [0.25, 0.3) is 0 Å². The van der Waals surface area contributed by atoms with Gasteiger partial charge in [0.05, 0.1) is 17.3 Å². The molecule has 0 radical (unpaired) electrons. The van der Waals surface area contributed by atoms with Gasteiger partial charge in [0.2, 0.25) is 0 Å². The highest BCUT2D eigenvalue weighted by atomic mass is 79.9. The summed E-state index contributed by atoms with van der Waals surface area (Å²) in [4.78, 5) is 0. The van der Waals surface area contributed by atoms with Gasteiger partial charge in [-0.15, -0.1) is 0 Å². The SMILES string of the molecule is CNCc1ccc(Cn2cc(Cl)c(C)n2)c(Br)c1. The molecular weight excluding hydrogens is 314 g/mol. The van der Waals surface area contributed by atoms with E-state index in [0.29, 0.717) is 11.6 Å². The molecule has 18 heavy (non-hydrogen) atoms. The number of hydrogen-bond acceptors (Lipinski definition) is 2. The first-order chi connectivity index (χ1) is 8.60. The van der Waals surface area contributed by atoms with E-state index in [1.54, 1.807) is 0 Å². The number of nitrogens with zero attached hydrogens (tertiary/aromatic N) is 2. The maximum absolute atomic E-state index is 6.00. The van der Waals surface area contributed by atoms with E-state index in [1.807, 2.05) is 24.9 Å². The van der Waals surface area contributed by atoms with Crippen LogP contribution in [-0.2, 0) is 13.1 Å². The lowest BCUT2D eigenvalue weighted by atomic mass is 10.1. The van der Waals surface area contributed by atoms with E-state index in [2.05, 4.69) is 44.5 Å². The van der Waals surface area contributed by atoms with Gasteiger partial charge in [0, 0.05) is 17.2 Å². The second kappa shape index (κ2) is 5.87. The van der Waals surface area contributed by atoms with Crippen LogP contribution < -0.4 is 5.32 Å². The Labute approximate surface area is 120 Å². The zero-order valence-corrected chi connectivity index (χ0v) is 12.7. The lowest BCUT2D eigenvalue weighted by molar-refractivity contribution is 0.677. The molecule has 5 heteroatoms. The van der Waals surface area contributed by atoms with E-state index in [1.165, 1.54) is 11.1 Å². The predicted octanol–water partition coefficient (Wildman–Crippen LogP) is 3.38. The van der Waals surface area contributed by atoms with Crippen molar-refractivity contribution in [2.45, 2.75) is 20.0 Å². The fourth-order valence-electron chi connectivity index (χ4n) is 1.78. The van der Waals surface area contributed by atoms with Crippen molar-refractivity contribution < 1.29 is 0 Å². The Morgan fingerprint density at radius 2 is 2.22 bits per heavy atom. The summed E-state index contributed by atoms with van der Waals surface area (Å²) in [6.45, 7) is 3.49. The van der Waals surface area contributed by atoms with Gasteiger partial charge in [0.1, 0.15) is 0 Å². The van der Waals surface area contributed by atoms with Crippen LogP contribution in [0.25, 0.3) is 0 Å². The van der Waals surface area contributed by atoms with Gasteiger partial charge in [-0.25, -0.2) is 0 Å². The second-order valence-electron chi connectivity index (χ2n) is 4.22. The Hall–Kier alpha value is -0.840. The van der Waals surface area contributed by atoms with Crippen molar-refractivity contribution in [2.75, 3.05) is 7.05 Å². The fraction of sp³-hybridized carbons (Fsp3) is 0.308. The molecule has 0 spiro atoms. The summed E-state index contributed by atoms with van der Waals surface area (Å²) in [5, 5.41) is 8.20. The fourth-order valence-corrected chi connectivity index (χ4v) is 2.48. The van der Waals surface area contributed by atoms with Crippen LogP contribution in [0.3, 0.4) is 0 Å². The number of rotatable bonds is 4. The summed E-state index contributed by atoms with van der Waals surface area (Å²) in [6, 6.07) is 6.36. The van der Waals surface area contributed by atoms with Gasteiger partial charge in [0.15, 0.2) is 0 Å². The van der Waals surface area contributed by atoms with Crippen LogP contribution in [0.2, 0.25) is 5.02 Å². The number of nitrogens with one attached hydrogen (secondary N) is 1. The maximum Gasteiger partial charge on any atom is 0.0815 e. The summed E-state index contributed by atoms with van der Waals surface area (Å²) in [6.07, 6.45) is 1.85. The zero-order valence-electron chi connectivity index (χ0n) is 10.4. The largest absolute Gasteiger partial charge is 0.316 e. The minimum atomic E-state index is 0.706. The summed E-state index contributed by atoms with van der Waals surface area (Å²) >= 11 is 9.60. The average Bonchev–Trinajstić information content (AvgIpc) is 2.62. The normalized spacial score (nSPS) is 10.9. The first-order valence-electron chi connectivity index (χ1n) is 5.71. The van der Waals surface area contributed by atoms with E-state index in [0.717, 1.165) is 16.7 Å². The first-order valence-corrected chi connectivity index (χ1v) is 6.88. The Morgan fingerprint density at radius 1 is 1.44 bits per heavy atom. The smallest absolute Gasteiger partial charge is 0.0815 e. The Morgan fingerprint density at radius 3 is 2.78 bits per heavy atom. The van der Waals surface area contributed by atoms with Gasteiger partial charge >= 0.3 is 0 Å². The van der Waals surface area contributed by atoms with Gasteiger partial charge < -0.3 is 5.32 Å². The molecule has 0 fully saturated rings. The van der Waals surface area contributed by atoms with Crippen molar-refractivity contribution in [1.82, 2.24) is 15.1 Å². The van der Waals surface area contributed by atoms with E-state index in [9.17, 15) is 0 Å². The Kier molecular flexibility index (Phi) is 4.43. The van der Waals surface area contributed by atoms with Crippen molar-refractivity contribution in [2.24, 2.45) is 0 Å². The number of aryl methyl sites for hydroxylation is 1. The first kappa shape index (κ1) is 13.6. The van der Waals surface area contributed by atoms with Crippen LogP contribution in [0.1, 0.15) is 16.8 Å². The van der Waals surface area contributed by atoms with Crippen LogP contribution in [0, 0.1) is 6.92 Å². The summed E-state index contributed by atoms with van der Waals surface area (Å²) < 4.78 is 2.95. The topological polar surface area (TPSA) is 29.9 Å².